The van der Waals surface area contributed by atoms with Crippen LogP contribution in [0.25, 0.3) is 0 Å². The van der Waals surface area contributed by atoms with Crippen molar-refractivity contribution < 1.29 is 19.1 Å². The first-order valence-electron chi connectivity index (χ1n) is 6.12. The first-order valence-corrected chi connectivity index (χ1v) is 6.12. The lowest BCUT2D eigenvalue weighted by Gasteiger charge is -2.27. The Kier molecular flexibility index (Phi) is 3.75. The molecule has 2 rings (SSSR count). The molecular weight excluding hydrogens is 235 g/mol. The van der Waals surface area contributed by atoms with Crippen molar-refractivity contribution in [2.45, 2.75) is 25.7 Å². The van der Waals surface area contributed by atoms with Crippen LogP contribution in [0.1, 0.15) is 36.0 Å². The van der Waals surface area contributed by atoms with Crippen LogP contribution in [0.4, 0.5) is 4.39 Å². The lowest BCUT2D eigenvalue weighted by atomic mass is 9.75. The molecule has 1 aliphatic carbocycles. The van der Waals surface area contributed by atoms with Gasteiger partial charge in [0.05, 0.1) is 5.92 Å². The quantitative estimate of drug-likeness (QED) is 0.839. The number of aliphatic carboxylic acids is 1. The molecule has 0 unspecified atom stereocenters. The number of ketones is 1. The molecule has 2 atom stereocenters. The second-order valence-electron chi connectivity index (χ2n) is 4.71. The highest BCUT2D eigenvalue weighted by molar-refractivity contribution is 5.99. The third-order valence-electron chi connectivity index (χ3n) is 3.53. The Balaban J connectivity index is 2.23. The van der Waals surface area contributed by atoms with Crippen molar-refractivity contribution in [2.24, 2.45) is 11.8 Å². The van der Waals surface area contributed by atoms with E-state index >= 15 is 0 Å². The van der Waals surface area contributed by atoms with Crippen LogP contribution in [-0.2, 0) is 4.79 Å². The Hall–Kier alpha value is -1.71. The van der Waals surface area contributed by atoms with E-state index < -0.39 is 23.6 Å². The van der Waals surface area contributed by atoms with E-state index in [9.17, 15) is 14.0 Å². The largest absolute Gasteiger partial charge is 0.481 e. The maximum atomic E-state index is 13.1. The Bertz CT molecular complexity index is 470. The summed E-state index contributed by atoms with van der Waals surface area (Å²) >= 11 is 0. The van der Waals surface area contributed by atoms with Gasteiger partial charge in [-0.3, -0.25) is 9.59 Å². The van der Waals surface area contributed by atoms with Gasteiger partial charge >= 0.3 is 5.97 Å². The molecule has 0 radical (unpaired) electrons. The molecule has 1 aromatic rings. The third-order valence-corrected chi connectivity index (χ3v) is 3.53. The van der Waals surface area contributed by atoms with E-state index in [0.717, 1.165) is 12.8 Å². The zero-order valence-corrected chi connectivity index (χ0v) is 9.93. The van der Waals surface area contributed by atoms with E-state index in [1.54, 1.807) is 6.07 Å². The second-order valence-corrected chi connectivity index (χ2v) is 4.71. The molecule has 1 fully saturated rings. The number of rotatable bonds is 3. The van der Waals surface area contributed by atoms with E-state index in [1.165, 1.54) is 18.2 Å². The minimum absolute atomic E-state index is 0.249. The number of carbonyl (C=O) groups excluding carboxylic acids is 1. The highest BCUT2D eigenvalue weighted by atomic mass is 19.1. The van der Waals surface area contributed by atoms with Crippen LogP contribution in [0.2, 0.25) is 0 Å². The first-order chi connectivity index (χ1) is 8.59. The molecule has 0 aromatic heterocycles. The molecule has 0 bridgehead atoms. The van der Waals surface area contributed by atoms with Gasteiger partial charge in [-0.05, 0) is 25.0 Å². The fraction of sp³-hybridized carbons (Fsp3) is 0.429. The number of carbonyl (C=O) groups is 2. The van der Waals surface area contributed by atoms with Crippen molar-refractivity contribution in [1.29, 1.82) is 0 Å². The maximum absolute atomic E-state index is 13.1. The number of hydrogen-bond acceptors (Lipinski definition) is 2. The van der Waals surface area contributed by atoms with Gasteiger partial charge in [0.15, 0.2) is 5.78 Å². The summed E-state index contributed by atoms with van der Waals surface area (Å²) in [7, 11) is 0. The Morgan fingerprint density at radius 3 is 2.44 bits per heavy atom. The van der Waals surface area contributed by atoms with Gasteiger partial charge < -0.3 is 5.11 Å². The van der Waals surface area contributed by atoms with Crippen LogP contribution in [-0.4, -0.2) is 16.9 Å². The van der Waals surface area contributed by atoms with Gasteiger partial charge in [-0.15, -0.1) is 0 Å². The number of carboxylic acids is 1. The first kappa shape index (κ1) is 12.7. The maximum Gasteiger partial charge on any atom is 0.307 e. The monoisotopic (exact) mass is 250 g/mol. The van der Waals surface area contributed by atoms with Crippen molar-refractivity contribution in [1.82, 2.24) is 0 Å². The predicted octanol–water partition coefficient (Wildman–Crippen LogP) is 2.90. The number of hydrogen-bond donors (Lipinski definition) is 1. The summed E-state index contributed by atoms with van der Waals surface area (Å²) in [4.78, 5) is 23.4. The number of halogens is 1. The molecular formula is C14H15FO3. The average Bonchev–Trinajstić information content (AvgIpc) is 2.38. The molecule has 1 aliphatic rings. The molecule has 1 saturated carbocycles. The van der Waals surface area contributed by atoms with Crippen LogP contribution in [0, 0.1) is 17.7 Å². The summed E-state index contributed by atoms with van der Waals surface area (Å²) < 4.78 is 13.1. The van der Waals surface area contributed by atoms with E-state index in [1.807, 2.05) is 0 Å². The van der Waals surface area contributed by atoms with Crippen molar-refractivity contribution in [3.8, 4) is 0 Å². The van der Waals surface area contributed by atoms with Gasteiger partial charge in [0, 0.05) is 11.5 Å². The molecule has 18 heavy (non-hydrogen) atoms. The van der Waals surface area contributed by atoms with Crippen molar-refractivity contribution >= 4 is 11.8 Å². The highest BCUT2D eigenvalue weighted by Crippen LogP contribution is 2.32. The van der Waals surface area contributed by atoms with Crippen molar-refractivity contribution in [3.63, 3.8) is 0 Å². The minimum atomic E-state index is -0.926. The van der Waals surface area contributed by atoms with Crippen molar-refractivity contribution in [2.75, 3.05) is 0 Å². The topological polar surface area (TPSA) is 54.4 Å². The van der Waals surface area contributed by atoms with E-state index in [4.69, 9.17) is 5.11 Å². The molecule has 0 amide bonds. The standard InChI is InChI=1S/C14H15FO3/c15-10-5-3-4-9(8-10)13(16)11-6-1-2-7-12(11)14(17)18/h3-5,8,11-12H,1-2,6-7H2,(H,17,18)/t11-,12+/m0/s1. The van der Waals surface area contributed by atoms with E-state index in [0.29, 0.717) is 12.8 Å². The van der Waals surface area contributed by atoms with Crippen LogP contribution in [0.15, 0.2) is 24.3 Å². The molecule has 0 aliphatic heterocycles. The third kappa shape index (κ3) is 2.58. The molecule has 3 nitrogen and oxygen atoms in total. The lowest BCUT2D eigenvalue weighted by Crippen LogP contribution is -2.32. The predicted molar refractivity (Wildman–Crippen MR) is 63.8 cm³/mol. The van der Waals surface area contributed by atoms with Crippen LogP contribution in [0.3, 0.4) is 0 Å². The summed E-state index contributed by atoms with van der Waals surface area (Å²) in [6, 6.07) is 5.46. The Morgan fingerprint density at radius 1 is 1.17 bits per heavy atom. The summed E-state index contributed by atoms with van der Waals surface area (Å²) in [5.74, 6) is -2.79. The Labute approximate surface area is 105 Å². The molecule has 4 heteroatoms. The van der Waals surface area contributed by atoms with Gasteiger partial charge in [0.2, 0.25) is 0 Å². The highest BCUT2D eigenvalue weighted by Gasteiger charge is 2.35. The smallest absolute Gasteiger partial charge is 0.307 e. The molecule has 0 spiro atoms. The van der Waals surface area contributed by atoms with Crippen LogP contribution >= 0.6 is 0 Å². The lowest BCUT2D eigenvalue weighted by molar-refractivity contribution is -0.144. The average molecular weight is 250 g/mol. The van der Waals surface area contributed by atoms with Crippen LogP contribution < -0.4 is 0 Å². The normalized spacial score (nSPS) is 23.6. The van der Waals surface area contributed by atoms with Gasteiger partial charge in [-0.2, -0.15) is 0 Å². The molecule has 0 saturated heterocycles. The SMILES string of the molecule is O=C(c1cccc(F)c1)[C@H]1CCCC[C@H]1C(=O)O. The molecule has 1 aromatic carbocycles. The summed E-state index contributed by atoms with van der Waals surface area (Å²) in [5.41, 5.74) is 0.271. The summed E-state index contributed by atoms with van der Waals surface area (Å²) in [5, 5.41) is 9.13. The molecule has 96 valence electrons. The fourth-order valence-electron chi connectivity index (χ4n) is 2.60. The molecule has 1 N–H and O–H groups in total. The second kappa shape index (κ2) is 5.29. The van der Waals surface area contributed by atoms with Gasteiger partial charge in [-0.1, -0.05) is 25.0 Å². The minimum Gasteiger partial charge on any atom is -0.481 e. The van der Waals surface area contributed by atoms with Crippen molar-refractivity contribution in [3.05, 3.63) is 35.6 Å². The fourth-order valence-corrected chi connectivity index (χ4v) is 2.60. The molecule has 0 heterocycles. The zero-order valence-electron chi connectivity index (χ0n) is 9.93. The number of Topliss-reactive ketones (excluding diaryl/α,β-unsaturated/α-hetero) is 1. The van der Waals surface area contributed by atoms with Gasteiger partial charge in [0.25, 0.3) is 0 Å². The number of carboxylic acid groups (broad SMARTS) is 1. The van der Waals surface area contributed by atoms with Crippen LogP contribution in [0.5, 0.6) is 0 Å². The van der Waals surface area contributed by atoms with E-state index in [2.05, 4.69) is 0 Å². The number of benzene rings is 1. The zero-order chi connectivity index (χ0) is 13.1. The Morgan fingerprint density at radius 2 is 1.83 bits per heavy atom. The van der Waals surface area contributed by atoms with Gasteiger partial charge in [0.1, 0.15) is 5.82 Å². The van der Waals surface area contributed by atoms with E-state index in [-0.39, 0.29) is 11.3 Å². The summed E-state index contributed by atoms with van der Waals surface area (Å²) in [6.07, 6.45) is 2.80. The van der Waals surface area contributed by atoms with Gasteiger partial charge in [-0.25, -0.2) is 4.39 Å². The summed E-state index contributed by atoms with van der Waals surface area (Å²) in [6.45, 7) is 0.